The Balaban J connectivity index is 2.11. The van der Waals surface area contributed by atoms with Crippen molar-refractivity contribution in [3.05, 3.63) is 57.8 Å². The number of carbonyl (C=O) groups excluding carboxylic acids is 2. The van der Waals surface area contributed by atoms with Gasteiger partial charge in [0.05, 0.1) is 15.6 Å². The van der Waals surface area contributed by atoms with Crippen LogP contribution >= 0.6 is 23.2 Å². The molecular weight excluding hydrogens is 387 g/mol. The molecule has 2 aromatic rings. The number of hydrogen-bond acceptors (Lipinski definition) is 2. The Morgan fingerprint density at radius 2 is 1.36 bits per heavy atom. The molecule has 0 aliphatic heterocycles. The quantitative estimate of drug-likeness (QED) is 0.571. The third kappa shape index (κ3) is 4.83. The van der Waals surface area contributed by atoms with Gasteiger partial charge in [0.15, 0.2) is 0 Å². The summed E-state index contributed by atoms with van der Waals surface area (Å²) in [5, 5.41) is 3.33. The lowest BCUT2D eigenvalue weighted by Gasteiger charge is -2.12. The maximum Gasteiger partial charge on any atom is 0.417 e. The van der Waals surface area contributed by atoms with Crippen LogP contribution in [-0.4, -0.2) is 11.8 Å². The Hall–Kier alpha value is -2.32. The summed E-state index contributed by atoms with van der Waals surface area (Å²) in [7, 11) is 0. The number of benzene rings is 2. The smallest absolute Gasteiger partial charge is 0.318 e. The van der Waals surface area contributed by atoms with Crippen molar-refractivity contribution in [3.8, 4) is 0 Å². The summed E-state index contributed by atoms with van der Waals surface area (Å²) in [6.45, 7) is 0. The zero-order valence-electron chi connectivity index (χ0n) is 12.0. The first-order chi connectivity index (χ1) is 11.6. The summed E-state index contributed by atoms with van der Waals surface area (Å²) in [5.74, 6) is -3.12. The van der Waals surface area contributed by atoms with Gasteiger partial charge in [0, 0.05) is 11.4 Å². The summed E-state index contributed by atoms with van der Waals surface area (Å²) < 4.78 is 51.3. The van der Waals surface area contributed by atoms with Crippen LogP contribution in [0, 0.1) is 5.82 Å². The lowest BCUT2D eigenvalue weighted by Crippen LogP contribution is -2.29. The fourth-order valence-electron chi connectivity index (χ4n) is 1.77. The molecule has 2 aromatic carbocycles. The van der Waals surface area contributed by atoms with Gasteiger partial charge in [-0.1, -0.05) is 23.2 Å². The molecule has 0 aliphatic carbocycles. The summed E-state index contributed by atoms with van der Waals surface area (Å²) >= 11 is 11.0. The lowest BCUT2D eigenvalue weighted by molar-refractivity contribution is -0.137. The summed E-state index contributed by atoms with van der Waals surface area (Å²) in [4.78, 5) is 23.5. The van der Waals surface area contributed by atoms with E-state index in [4.69, 9.17) is 23.2 Å². The van der Waals surface area contributed by atoms with Crippen molar-refractivity contribution in [1.29, 1.82) is 0 Å². The highest BCUT2D eigenvalue weighted by molar-refractivity contribution is 6.43. The van der Waals surface area contributed by atoms with Crippen molar-refractivity contribution in [3.63, 3.8) is 0 Å². The molecule has 25 heavy (non-hydrogen) atoms. The van der Waals surface area contributed by atoms with Crippen LogP contribution in [0.1, 0.15) is 5.56 Å². The highest BCUT2D eigenvalue weighted by Crippen LogP contribution is 2.36. The van der Waals surface area contributed by atoms with Gasteiger partial charge in [0.2, 0.25) is 0 Å². The molecule has 0 radical (unpaired) electrons. The van der Waals surface area contributed by atoms with Crippen LogP contribution in [0.25, 0.3) is 0 Å². The van der Waals surface area contributed by atoms with Crippen LogP contribution < -0.4 is 10.6 Å². The van der Waals surface area contributed by atoms with E-state index in [1.54, 1.807) is 0 Å². The van der Waals surface area contributed by atoms with E-state index in [1.807, 2.05) is 5.32 Å². The molecule has 4 nitrogen and oxygen atoms in total. The molecule has 0 heterocycles. The molecule has 0 unspecified atom stereocenters. The van der Waals surface area contributed by atoms with Crippen molar-refractivity contribution in [1.82, 2.24) is 0 Å². The van der Waals surface area contributed by atoms with Crippen LogP contribution in [0.2, 0.25) is 10.0 Å². The summed E-state index contributed by atoms with van der Waals surface area (Å²) in [5.41, 5.74) is -1.38. The standard InChI is InChI=1S/C15H8Cl2F4N2O2/c16-10-3-1-7(5-9(10)15(19,20)21)22-13(24)14(25)23-8-2-4-12(18)11(17)6-8/h1-6H,(H,22,24)(H,23,25). The third-order valence-electron chi connectivity index (χ3n) is 2.91. The van der Waals surface area contributed by atoms with E-state index >= 15 is 0 Å². The normalized spacial score (nSPS) is 11.1. The van der Waals surface area contributed by atoms with Gasteiger partial charge in [-0.25, -0.2) is 4.39 Å². The van der Waals surface area contributed by atoms with Crippen molar-refractivity contribution < 1.29 is 27.2 Å². The second-order valence-corrected chi connectivity index (χ2v) is 5.54. The molecule has 0 bridgehead atoms. The Bertz CT molecular complexity index is 841. The predicted molar refractivity (Wildman–Crippen MR) is 85.1 cm³/mol. The zero-order chi connectivity index (χ0) is 18.8. The summed E-state index contributed by atoms with van der Waals surface area (Å²) in [6, 6.07) is 5.87. The van der Waals surface area contributed by atoms with Gasteiger partial charge in [-0.15, -0.1) is 0 Å². The lowest BCUT2D eigenvalue weighted by atomic mass is 10.2. The Morgan fingerprint density at radius 1 is 0.840 bits per heavy atom. The third-order valence-corrected chi connectivity index (χ3v) is 3.53. The molecule has 0 saturated heterocycles. The number of anilines is 2. The van der Waals surface area contributed by atoms with Crippen molar-refractivity contribution in [2.45, 2.75) is 6.18 Å². The first-order valence-corrected chi connectivity index (χ1v) is 7.27. The van der Waals surface area contributed by atoms with Gasteiger partial charge in [-0.2, -0.15) is 13.2 Å². The number of amides is 2. The van der Waals surface area contributed by atoms with E-state index < -0.39 is 34.4 Å². The maximum absolute atomic E-state index is 13.0. The fourth-order valence-corrected chi connectivity index (χ4v) is 2.18. The molecule has 10 heteroatoms. The first kappa shape index (κ1) is 19.0. The fraction of sp³-hybridized carbons (Fsp3) is 0.0667. The van der Waals surface area contributed by atoms with Crippen molar-refractivity contribution >= 4 is 46.4 Å². The monoisotopic (exact) mass is 394 g/mol. The highest BCUT2D eigenvalue weighted by Gasteiger charge is 2.33. The molecule has 2 amide bonds. The minimum atomic E-state index is -4.72. The van der Waals surface area contributed by atoms with Crippen LogP contribution in [0.3, 0.4) is 0 Å². The van der Waals surface area contributed by atoms with Crippen LogP contribution in [0.4, 0.5) is 28.9 Å². The molecule has 0 spiro atoms. The summed E-state index contributed by atoms with van der Waals surface area (Å²) in [6.07, 6.45) is -4.72. The number of rotatable bonds is 2. The van der Waals surface area contributed by atoms with Crippen molar-refractivity contribution in [2.24, 2.45) is 0 Å². The maximum atomic E-state index is 13.0. The Morgan fingerprint density at radius 3 is 1.88 bits per heavy atom. The molecule has 0 atom stereocenters. The van der Waals surface area contributed by atoms with E-state index in [0.717, 1.165) is 30.3 Å². The Kier molecular flexibility index (Phi) is 5.54. The molecule has 0 fully saturated rings. The minimum Gasteiger partial charge on any atom is -0.318 e. The SMILES string of the molecule is O=C(Nc1ccc(F)c(Cl)c1)C(=O)Nc1ccc(Cl)c(C(F)(F)F)c1. The highest BCUT2D eigenvalue weighted by atomic mass is 35.5. The van der Waals surface area contributed by atoms with Crippen LogP contribution in [-0.2, 0) is 15.8 Å². The molecule has 0 aliphatic rings. The van der Waals surface area contributed by atoms with Gasteiger partial charge in [-0.05, 0) is 36.4 Å². The second kappa shape index (κ2) is 7.28. The van der Waals surface area contributed by atoms with E-state index in [9.17, 15) is 27.2 Å². The largest absolute Gasteiger partial charge is 0.417 e. The van der Waals surface area contributed by atoms with Crippen LogP contribution in [0.15, 0.2) is 36.4 Å². The van der Waals surface area contributed by atoms with Crippen molar-refractivity contribution in [2.75, 3.05) is 10.6 Å². The number of nitrogens with one attached hydrogen (secondary N) is 2. The first-order valence-electron chi connectivity index (χ1n) is 6.52. The Labute approximate surface area is 148 Å². The molecule has 0 saturated carbocycles. The topological polar surface area (TPSA) is 58.2 Å². The number of halogens is 6. The van der Waals surface area contributed by atoms with E-state index in [1.165, 1.54) is 0 Å². The van der Waals surface area contributed by atoms with Gasteiger partial charge >= 0.3 is 18.0 Å². The van der Waals surface area contributed by atoms with Gasteiger partial charge in [0.25, 0.3) is 0 Å². The van der Waals surface area contributed by atoms with E-state index in [2.05, 4.69) is 5.32 Å². The molecule has 0 aromatic heterocycles. The van der Waals surface area contributed by atoms with Gasteiger partial charge in [-0.3, -0.25) is 9.59 Å². The average molecular weight is 395 g/mol. The minimum absolute atomic E-state index is 0.0404. The molecular formula is C15H8Cl2F4N2O2. The van der Waals surface area contributed by atoms with E-state index in [-0.39, 0.29) is 16.4 Å². The van der Waals surface area contributed by atoms with Crippen LogP contribution in [0.5, 0.6) is 0 Å². The molecule has 132 valence electrons. The average Bonchev–Trinajstić information content (AvgIpc) is 2.51. The molecule has 2 rings (SSSR count). The number of alkyl halides is 3. The second-order valence-electron chi connectivity index (χ2n) is 4.73. The van der Waals surface area contributed by atoms with Gasteiger partial charge in [0.1, 0.15) is 5.82 Å². The predicted octanol–water partition coefficient (Wildman–Crippen LogP) is 4.73. The van der Waals surface area contributed by atoms with Gasteiger partial charge < -0.3 is 10.6 Å². The number of hydrogen-bond donors (Lipinski definition) is 2. The van der Waals surface area contributed by atoms with E-state index in [0.29, 0.717) is 6.07 Å². The molecule has 2 N–H and O–H groups in total. The number of carbonyl (C=O) groups is 2. The zero-order valence-corrected chi connectivity index (χ0v) is 13.6.